The SMILES string of the molecule is COc1cc(Br)ccc1C(=O)N1CC[C@@H](C(=O)O)C1. The minimum atomic E-state index is -0.849. The molecule has 1 atom stereocenters. The Hall–Kier alpha value is -1.56. The number of likely N-dealkylation sites (tertiary alicyclic amines) is 1. The molecule has 6 heteroatoms. The van der Waals surface area contributed by atoms with Crippen LogP contribution in [0.1, 0.15) is 16.8 Å². The van der Waals surface area contributed by atoms with Crippen LogP contribution in [0.5, 0.6) is 5.75 Å². The third kappa shape index (κ3) is 2.89. The first-order chi connectivity index (χ1) is 9.02. The summed E-state index contributed by atoms with van der Waals surface area (Å²) >= 11 is 3.32. The highest BCUT2D eigenvalue weighted by Gasteiger charge is 2.32. The van der Waals surface area contributed by atoms with Gasteiger partial charge in [0.1, 0.15) is 5.75 Å². The van der Waals surface area contributed by atoms with Gasteiger partial charge in [-0.3, -0.25) is 9.59 Å². The number of halogens is 1. The molecule has 1 aromatic carbocycles. The topological polar surface area (TPSA) is 66.8 Å². The first kappa shape index (κ1) is 13.9. The predicted molar refractivity (Wildman–Crippen MR) is 72.3 cm³/mol. The number of ether oxygens (including phenoxy) is 1. The molecule has 1 N–H and O–H groups in total. The molecule has 1 aliphatic rings. The Morgan fingerprint density at radius 2 is 2.21 bits per heavy atom. The number of carboxylic acids is 1. The quantitative estimate of drug-likeness (QED) is 0.922. The molecule has 1 fully saturated rings. The number of methoxy groups -OCH3 is 1. The van der Waals surface area contributed by atoms with E-state index >= 15 is 0 Å². The smallest absolute Gasteiger partial charge is 0.308 e. The van der Waals surface area contributed by atoms with E-state index in [0.29, 0.717) is 24.3 Å². The first-order valence-corrected chi connectivity index (χ1v) is 6.68. The van der Waals surface area contributed by atoms with Gasteiger partial charge in [0, 0.05) is 17.6 Å². The molecule has 102 valence electrons. The molecule has 5 nitrogen and oxygen atoms in total. The number of hydrogen-bond acceptors (Lipinski definition) is 3. The monoisotopic (exact) mass is 327 g/mol. The highest BCUT2D eigenvalue weighted by molar-refractivity contribution is 9.10. The second-order valence-electron chi connectivity index (χ2n) is 4.42. The second kappa shape index (κ2) is 5.61. The lowest BCUT2D eigenvalue weighted by Crippen LogP contribution is -2.30. The molecule has 0 bridgehead atoms. The van der Waals surface area contributed by atoms with E-state index in [9.17, 15) is 9.59 Å². The van der Waals surface area contributed by atoms with Crippen molar-refractivity contribution in [2.75, 3.05) is 20.2 Å². The van der Waals surface area contributed by atoms with Crippen molar-refractivity contribution in [3.8, 4) is 5.75 Å². The summed E-state index contributed by atoms with van der Waals surface area (Å²) in [5.41, 5.74) is 0.455. The Balaban J connectivity index is 2.19. The van der Waals surface area contributed by atoms with Crippen LogP contribution in [0.2, 0.25) is 0 Å². The van der Waals surface area contributed by atoms with Crippen LogP contribution in [0.15, 0.2) is 22.7 Å². The first-order valence-electron chi connectivity index (χ1n) is 5.88. The number of carbonyl (C=O) groups is 2. The number of hydrogen-bond donors (Lipinski definition) is 1. The highest BCUT2D eigenvalue weighted by Crippen LogP contribution is 2.27. The molecule has 1 saturated heterocycles. The largest absolute Gasteiger partial charge is 0.496 e. The maximum absolute atomic E-state index is 12.3. The highest BCUT2D eigenvalue weighted by atomic mass is 79.9. The maximum atomic E-state index is 12.3. The summed E-state index contributed by atoms with van der Waals surface area (Å²) in [6.45, 7) is 0.725. The van der Waals surface area contributed by atoms with E-state index in [1.807, 2.05) is 0 Å². The fraction of sp³-hybridized carbons (Fsp3) is 0.385. The predicted octanol–water partition coefficient (Wildman–Crippen LogP) is 2.00. The Kier molecular flexibility index (Phi) is 4.09. The van der Waals surface area contributed by atoms with Crippen molar-refractivity contribution < 1.29 is 19.4 Å². The molecule has 1 aliphatic heterocycles. The number of amides is 1. The number of nitrogens with zero attached hydrogens (tertiary/aromatic N) is 1. The van der Waals surface area contributed by atoms with Gasteiger partial charge >= 0.3 is 5.97 Å². The molecule has 0 aliphatic carbocycles. The summed E-state index contributed by atoms with van der Waals surface area (Å²) in [7, 11) is 1.50. The minimum absolute atomic E-state index is 0.187. The average molecular weight is 328 g/mol. The lowest BCUT2D eigenvalue weighted by molar-refractivity contribution is -0.141. The van der Waals surface area contributed by atoms with Crippen molar-refractivity contribution >= 4 is 27.8 Å². The van der Waals surface area contributed by atoms with Gasteiger partial charge in [-0.2, -0.15) is 0 Å². The van der Waals surface area contributed by atoms with Gasteiger partial charge in [-0.15, -0.1) is 0 Å². The van der Waals surface area contributed by atoms with Crippen molar-refractivity contribution in [2.45, 2.75) is 6.42 Å². The van der Waals surface area contributed by atoms with Crippen LogP contribution in [0.3, 0.4) is 0 Å². The minimum Gasteiger partial charge on any atom is -0.496 e. The van der Waals surface area contributed by atoms with Gasteiger partial charge in [0.15, 0.2) is 0 Å². The number of rotatable bonds is 3. The summed E-state index contributed by atoms with van der Waals surface area (Å²) in [6, 6.07) is 5.16. The van der Waals surface area contributed by atoms with Gasteiger partial charge in [-0.25, -0.2) is 0 Å². The van der Waals surface area contributed by atoms with E-state index in [4.69, 9.17) is 9.84 Å². The second-order valence-corrected chi connectivity index (χ2v) is 5.34. The molecule has 19 heavy (non-hydrogen) atoms. The van der Waals surface area contributed by atoms with Gasteiger partial charge in [0.25, 0.3) is 5.91 Å². The lowest BCUT2D eigenvalue weighted by Gasteiger charge is -2.17. The van der Waals surface area contributed by atoms with E-state index in [1.165, 1.54) is 7.11 Å². The van der Waals surface area contributed by atoms with Crippen LogP contribution < -0.4 is 4.74 Å². The molecule has 1 aromatic rings. The van der Waals surface area contributed by atoms with Crippen LogP contribution in [-0.4, -0.2) is 42.1 Å². The van der Waals surface area contributed by atoms with E-state index < -0.39 is 11.9 Å². The zero-order chi connectivity index (χ0) is 14.0. The van der Waals surface area contributed by atoms with Crippen molar-refractivity contribution in [3.63, 3.8) is 0 Å². The number of carbonyl (C=O) groups excluding carboxylic acids is 1. The number of aliphatic carboxylic acids is 1. The zero-order valence-electron chi connectivity index (χ0n) is 10.4. The maximum Gasteiger partial charge on any atom is 0.308 e. The molecule has 0 unspecified atom stereocenters. The third-order valence-corrected chi connectivity index (χ3v) is 3.71. The number of carboxylic acid groups (broad SMARTS) is 1. The fourth-order valence-corrected chi connectivity index (χ4v) is 2.50. The molecular weight excluding hydrogens is 314 g/mol. The van der Waals surface area contributed by atoms with Crippen molar-refractivity contribution in [1.82, 2.24) is 4.90 Å². The molecular formula is C13H14BrNO4. The normalized spacial score (nSPS) is 18.4. The van der Waals surface area contributed by atoms with Gasteiger partial charge in [-0.05, 0) is 24.6 Å². The molecule has 0 aromatic heterocycles. The Morgan fingerprint density at radius 3 is 2.79 bits per heavy atom. The standard InChI is InChI=1S/C13H14BrNO4/c1-19-11-6-9(14)2-3-10(11)12(16)15-5-4-8(7-15)13(17)18/h2-3,6,8H,4-5,7H2,1H3,(H,17,18)/t8-/m1/s1. The molecule has 2 rings (SSSR count). The molecule has 1 amide bonds. The van der Waals surface area contributed by atoms with Gasteiger partial charge in [-0.1, -0.05) is 15.9 Å². The molecule has 0 saturated carbocycles. The van der Waals surface area contributed by atoms with Crippen LogP contribution in [0, 0.1) is 5.92 Å². The van der Waals surface area contributed by atoms with E-state index in [-0.39, 0.29) is 12.5 Å². The summed E-state index contributed by atoms with van der Waals surface area (Å²) in [5, 5.41) is 8.95. The van der Waals surface area contributed by atoms with Gasteiger partial charge in [0.05, 0.1) is 18.6 Å². The fourth-order valence-electron chi connectivity index (χ4n) is 2.16. The zero-order valence-corrected chi connectivity index (χ0v) is 12.0. The van der Waals surface area contributed by atoms with Crippen LogP contribution in [-0.2, 0) is 4.79 Å². The summed E-state index contributed by atoms with van der Waals surface area (Å²) < 4.78 is 6.01. The van der Waals surface area contributed by atoms with Gasteiger partial charge in [0.2, 0.25) is 0 Å². The van der Waals surface area contributed by atoms with Crippen molar-refractivity contribution in [3.05, 3.63) is 28.2 Å². The average Bonchev–Trinajstić information content (AvgIpc) is 2.87. The molecule has 1 heterocycles. The number of benzene rings is 1. The van der Waals surface area contributed by atoms with Crippen molar-refractivity contribution in [2.24, 2.45) is 5.92 Å². The third-order valence-electron chi connectivity index (χ3n) is 3.22. The summed E-state index contributed by atoms with van der Waals surface area (Å²) in [5.74, 6) is -1.02. The van der Waals surface area contributed by atoms with Crippen LogP contribution >= 0.6 is 15.9 Å². The molecule has 0 radical (unpaired) electrons. The summed E-state index contributed by atoms with van der Waals surface area (Å²) in [4.78, 5) is 24.8. The van der Waals surface area contributed by atoms with Crippen LogP contribution in [0.25, 0.3) is 0 Å². The van der Waals surface area contributed by atoms with Crippen LogP contribution in [0.4, 0.5) is 0 Å². The van der Waals surface area contributed by atoms with E-state index in [0.717, 1.165) is 4.47 Å². The molecule has 0 spiro atoms. The van der Waals surface area contributed by atoms with Gasteiger partial charge < -0.3 is 14.7 Å². The van der Waals surface area contributed by atoms with Crippen molar-refractivity contribution in [1.29, 1.82) is 0 Å². The van der Waals surface area contributed by atoms with E-state index in [1.54, 1.807) is 23.1 Å². The van der Waals surface area contributed by atoms with E-state index in [2.05, 4.69) is 15.9 Å². The Labute approximate surface area is 119 Å². The Bertz CT molecular complexity index is 517. The lowest BCUT2D eigenvalue weighted by atomic mass is 10.1. The Morgan fingerprint density at radius 1 is 1.47 bits per heavy atom. The summed E-state index contributed by atoms with van der Waals surface area (Å²) in [6.07, 6.45) is 0.500.